The average Bonchev–Trinajstić information content (AvgIpc) is 2.89. The summed E-state index contributed by atoms with van der Waals surface area (Å²) in [4.78, 5) is 18.1. The molecule has 2 rings (SSSR count). The third-order valence-electron chi connectivity index (χ3n) is 3.22. The normalized spacial score (nSPS) is 15.3. The van der Waals surface area contributed by atoms with E-state index in [1.807, 2.05) is 0 Å². The van der Waals surface area contributed by atoms with Gasteiger partial charge in [-0.25, -0.2) is 0 Å². The van der Waals surface area contributed by atoms with E-state index in [1.165, 1.54) is 0 Å². The smallest absolute Gasteiger partial charge is 0.256 e. The van der Waals surface area contributed by atoms with Crippen LogP contribution in [0.5, 0.6) is 0 Å². The highest BCUT2D eigenvalue weighted by Crippen LogP contribution is 2.25. The summed E-state index contributed by atoms with van der Waals surface area (Å²) < 4.78 is 0.775. The zero-order chi connectivity index (χ0) is 13.0. The van der Waals surface area contributed by atoms with Gasteiger partial charge in [0, 0.05) is 22.9 Å². The van der Waals surface area contributed by atoms with Crippen molar-refractivity contribution in [3.05, 3.63) is 28.5 Å². The molecule has 18 heavy (non-hydrogen) atoms. The lowest BCUT2D eigenvalue weighted by Gasteiger charge is -2.26. The van der Waals surface area contributed by atoms with Gasteiger partial charge in [0.05, 0.1) is 11.6 Å². The molecule has 1 aromatic heterocycles. The largest absolute Gasteiger partial charge is 0.322 e. The van der Waals surface area contributed by atoms with Crippen molar-refractivity contribution in [2.24, 2.45) is 0 Å². The highest BCUT2D eigenvalue weighted by molar-refractivity contribution is 9.10. The summed E-state index contributed by atoms with van der Waals surface area (Å²) in [6.07, 6.45) is 7.45. The molecule has 0 spiro atoms. The standard InChI is InChI=1S/C13H14BrN3O/c14-11-7-10(8-16-9-11)13(18)17(6-5-15)12-3-1-2-4-12/h7-9,12H,1-4,6H2. The van der Waals surface area contributed by atoms with Gasteiger partial charge in [0.2, 0.25) is 0 Å². The number of nitrogens with zero attached hydrogens (tertiary/aromatic N) is 3. The monoisotopic (exact) mass is 307 g/mol. The Morgan fingerprint density at radius 2 is 2.22 bits per heavy atom. The highest BCUT2D eigenvalue weighted by Gasteiger charge is 2.27. The lowest BCUT2D eigenvalue weighted by atomic mass is 10.1. The lowest BCUT2D eigenvalue weighted by molar-refractivity contribution is 0.0709. The number of aromatic nitrogens is 1. The molecule has 0 saturated heterocycles. The van der Waals surface area contributed by atoms with E-state index in [4.69, 9.17) is 5.26 Å². The Labute approximate surface area is 115 Å². The number of nitriles is 1. The molecule has 0 unspecified atom stereocenters. The maximum absolute atomic E-state index is 12.4. The van der Waals surface area contributed by atoms with Crippen LogP contribution in [-0.4, -0.2) is 28.4 Å². The van der Waals surface area contributed by atoms with E-state index in [0.29, 0.717) is 5.56 Å². The summed E-state index contributed by atoms with van der Waals surface area (Å²) in [7, 11) is 0. The van der Waals surface area contributed by atoms with Crippen molar-refractivity contribution < 1.29 is 4.79 Å². The first-order valence-electron chi connectivity index (χ1n) is 6.01. The SMILES string of the molecule is N#CCN(C(=O)c1cncc(Br)c1)C1CCCC1. The van der Waals surface area contributed by atoms with Crippen LogP contribution in [0.4, 0.5) is 0 Å². The third-order valence-corrected chi connectivity index (χ3v) is 3.65. The van der Waals surface area contributed by atoms with Crippen molar-refractivity contribution in [2.75, 3.05) is 6.54 Å². The minimum absolute atomic E-state index is 0.0998. The maximum atomic E-state index is 12.4. The Bertz CT molecular complexity index is 477. The zero-order valence-electron chi connectivity index (χ0n) is 9.97. The van der Waals surface area contributed by atoms with Crippen molar-refractivity contribution in [1.29, 1.82) is 5.26 Å². The van der Waals surface area contributed by atoms with Crippen molar-refractivity contribution in [2.45, 2.75) is 31.7 Å². The second-order valence-corrected chi connectivity index (χ2v) is 5.34. The molecule has 4 nitrogen and oxygen atoms in total. The first kappa shape index (κ1) is 13.0. The zero-order valence-corrected chi connectivity index (χ0v) is 11.6. The van der Waals surface area contributed by atoms with Gasteiger partial charge in [0.15, 0.2) is 0 Å². The minimum atomic E-state index is -0.0998. The highest BCUT2D eigenvalue weighted by atomic mass is 79.9. The molecule has 1 amide bonds. The van der Waals surface area contributed by atoms with Crippen LogP contribution in [0.1, 0.15) is 36.0 Å². The van der Waals surface area contributed by atoms with E-state index in [-0.39, 0.29) is 18.5 Å². The molecule has 1 aliphatic rings. The summed E-state index contributed by atoms with van der Waals surface area (Å²) in [6, 6.07) is 4.03. The van der Waals surface area contributed by atoms with Gasteiger partial charge in [-0.05, 0) is 34.8 Å². The van der Waals surface area contributed by atoms with Gasteiger partial charge in [-0.3, -0.25) is 9.78 Å². The van der Waals surface area contributed by atoms with Crippen molar-refractivity contribution in [3.8, 4) is 6.07 Å². The number of amides is 1. The molecule has 1 aromatic rings. The molecule has 0 atom stereocenters. The van der Waals surface area contributed by atoms with Crippen LogP contribution in [0.25, 0.3) is 0 Å². The molecule has 0 N–H and O–H groups in total. The number of carbonyl (C=O) groups excluding carboxylic acids is 1. The van der Waals surface area contributed by atoms with Gasteiger partial charge in [0.1, 0.15) is 6.54 Å². The van der Waals surface area contributed by atoms with Crippen molar-refractivity contribution in [1.82, 2.24) is 9.88 Å². The topological polar surface area (TPSA) is 57.0 Å². The first-order valence-corrected chi connectivity index (χ1v) is 6.80. The van der Waals surface area contributed by atoms with Gasteiger partial charge in [0.25, 0.3) is 5.91 Å². The molecule has 94 valence electrons. The van der Waals surface area contributed by atoms with Gasteiger partial charge in [-0.15, -0.1) is 0 Å². The second kappa shape index (κ2) is 5.96. The van der Waals surface area contributed by atoms with Crippen LogP contribution in [0, 0.1) is 11.3 Å². The number of pyridine rings is 1. The Morgan fingerprint density at radius 3 is 2.83 bits per heavy atom. The van der Waals surface area contributed by atoms with Gasteiger partial charge < -0.3 is 4.90 Å². The molecular weight excluding hydrogens is 294 g/mol. The van der Waals surface area contributed by atoms with Gasteiger partial charge in [-0.2, -0.15) is 5.26 Å². The quantitative estimate of drug-likeness (QED) is 0.807. The fraction of sp³-hybridized carbons (Fsp3) is 0.462. The minimum Gasteiger partial charge on any atom is -0.322 e. The van der Waals surface area contributed by atoms with Crippen molar-refractivity contribution >= 4 is 21.8 Å². The number of rotatable bonds is 3. The summed E-state index contributed by atoms with van der Waals surface area (Å²) in [5.41, 5.74) is 0.534. The maximum Gasteiger partial charge on any atom is 0.256 e. The van der Waals surface area contributed by atoms with Gasteiger partial charge in [-0.1, -0.05) is 12.8 Å². The van der Waals surface area contributed by atoms with E-state index >= 15 is 0 Å². The first-order chi connectivity index (χ1) is 8.72. The Hall–Kier alpha value is -1.41. The summed E-state index contributed by atoms with van der Waals surface area (Å²) in [5, 5.41) is 8.88. The van der Waals surface area contributed by atoms with Crippen LogP contribution in [0.3, 0.4) is 0 Å². The molecule has 0 radical (unpaired) electrons. The second-order valence-electron chi connectivity index (χ2n) is 4.42. The molecule has 0 aromatic carbocycles. The summed E-state index contributed by atoms with van der Waals surface area (Å²) >= 11 is 3.30. The van der Waals surface area contributed by atoms with Crippen LogP contribution in [0.2, 0.25) is 0 Å². The van der Waals surface area contributed by atoms with Crippen LogP contribution in [0.15, 0.2) is 22.9 Å². The van der Waals surface area contributed by atoms with E-state index < -0.39 is 0 Å². The molecule has 1 fully saturated rings. The van der Waals surface area contributed by atoms with Gasteiger partial charge >= 0.3 is 0 Å². The Kier molecular flexibility index (Phi) is 4.32. The molecule has 1 heterocycles. The lowest BCUT2D eigenvalue weighted by Crippen LogP contribution is -2.39. The van der Waals surface area contributed by atoms with E-state index in [0.717, 1.165) is 30.2 Å². The van der Waals surface area contributed by atoms with E-state index in [9.17, 15) is 4.79 Å². The molecule has 5 heteroatoms. The van der Waals surface area contributed by atoms with Crippen LogP contribution >= 0.6 is 15.9 Å². The molecular formula is C13H14BrN3O. The Balaban J connectivity index is 2.20. The predicted octanol–water partition coefficient (Wildman–Crippen LogP) is 2.75. The third kappa shape index (κ3) is 2.88. The molecule has 0 bridgehead atoms. The predicted molar refractivity (Wildman–Crippen MR) is 70.8 cm³/mol. The number of hydrogen-bond donors (Lipinski definition) is 0. The average molecular weight is 308 g/mol. The van der Waals surface area contributed by atoms with Crippen LogP contribution in [-0.2, 0) is 0 Å². The van der Waals surface area contributed by atoms with Crippen molar-refractivity contribution in [3.63, 3.8) is 0 Å². The molecule has 1 aliphatic carbocycles. The number of hydrogen-bond acceptors (Lipinski definition) is 3. The fourth-order valence-electron chi connectivity index (χ4n) is 2.35. The summed E-state index contributed by atoms with van der Waals surface area (Å²) in [6.45, 7) is 0.149. The number of halogens is 1. The molecule has 1 saturated carbocycles. The van der Waals surface area contributed by atoms with E-state index in [1.54, 1.807) is 23.4 Å². The summed E-state index contributed by atoms with van der Waals surface area (Å²) in [5.74, 6) is -0.0998. The fourth-order valence-corrected chi connectivity index (χ4v) is 2.72. The Morgan fingerprint density at radius 1 is 1.50 bits per heavy atom. The number of carbonyl (C=O) groups is 1. The molecule has 0 aliphatic heterocycles. The van der Waals surface area contributed by atoms with E-state index in [2.05, 4.69) is 27.0 Å². The van der Waals surface area contributed by atoms with Crippen LogP contribution < -0.4 is 0 Å².